The summed E-state index contributed by atoms with van der Waals surface area (Å²) in [5.41, 5.74) is 0.332. The highest BCUT2D eigenvalue weighted by Gasteiger charge is 2.07. The van der Waals surface area contributed by atoms with E-state index in [1.54, 1.807) is 12.1 Å². The zero-order chi connectivity index (χ0) is 15.0. The first-order chi connectivity index (χ1) is 9.58. The van der Waals surface area contributed by atoms with Gasteiger partial charge < -0.3 is 14.7 Å². The first-order valence-electron chi connectivity index (χ1n) is 7.27. The summed E-state index contributed by atoms with van der Waals surface area (Å²) in [6, 6.07) is 4.82. The number of phenolic OH excluding ortho intramolecular Hbond substituents is 1. The number of benzene rings is 1. The van der Waals surface area contributed by atoms with Gasteiger partial charge in [0.2, 0.25) is 0 Å². The molecule has 0 radical (unpaired) electrons. The highest BCUT2D eigenvalue weighted by molar-refractivity contribution is 5.96. The van der Waals surface area contributed by atoms with Crippen molar-refractivity contribution >= 4 is 5.78 Å². The van der Waals surface area contributed by atoms with E-state index in [1.165, 1.54) is 13.0 Å². The molecule has 4 nitrogen and oxygen atoms in total. The molecule has 20 heavy (non-hydrogen) atoms. The molecule has 0 bridgehead atoms. The van der Waals surface area contributed by atoms with Crippen LogP contribution in [-0.2, 0) is 0 Å². The van der Waals surface area contributed by atoms with Crippen LogP contribution in [0.1, 0.15) is 44.0 Å². The standard InChI is InChI=1S/C16H25NO3/c1-4-17(5-2)10-6-7-11-20-14-8-9-15(13(3)18)16(19)12-14/h8-9,12,19H,4-7,10-11H2,1-3H3. The van der Waals surface area contributed by atoms with Gasteiger partial charge in [-0.05, 0) is 51.5 Å². The molecular formula is C16H25NO3. The number of phenols is 1. The lowest BCUT2D eigenvalue weighted by molar-refractivity contribution is 0.101. The molecule has 0 fully saturated rings. The van der Waals surface area contributed by atoms with Crippen LogP contribution in [-0.4, -0.2) is 42.0 Å². The summed E-state index contributed by atoms with van der Waals surface area (Å²) in [6.07, 6.45) is 2.07. The Morgan fingerprint density at radius 2 is 1.95 bits per heavy atom. The number of carbonyl (C=O) groups is 1. The summed E-state index contributed by atoms with van der Waals surface area (Å²) in [7, 11) is 0. The fourth-order valence-electron chi connectivity index (χ4n) is 2.07. The third-order valence-electron chi connectivity index (χ3n) is 3.38. The van der Waals surface area contributed by atoms with Crippen LogP contribution in [0, 0.1) is 0 Å². The van der Waals surface area contributed by atoms with Crippen LogP contribution >= 0.6 is 0 Å². The molecule has 0 saturated carbocycles. The number of Topliss-reactive ketones (excluding diaryl/α,β-unsaturated/α-hetero) is 1. The number of nitrogens with zero attached hydrogens (tertiary/aromatic N) is 1. The van der Waals surface area contributed by atoms with Crippen molar-refractivity contribution in [3.05, 3.63) is 23.8 Å². The van der Waals surface area contributed by atoms with Crippen molar-refractivity contribution in [1.29, 1.82) is 0 Å². The van der Waals surface area contributed by atoms with Gasteiger partial charge in [-0.3, -0.25) is 4.79 Å². The van der Waals surface area contributed by atoms with Crippen molar-refractivity contribution in [3.8, 4) is 11.5 Å². The molecule has 0 aromatic heterocycles. The van der Waals surface area contributed by atoms with Crippen LogP contribution in [0.15, 0.2) is 18.2 Å². The predicted octanol–water partition coefficient (Wildman–Crippen LogP) is 3.10. The molecule has 1 aromatic rings. The van der Waals surface area contributed by atoms with E-state index in [0.717, 1.165) is 32.5 Å². The lowest BCUT2D eigenvalue weighted by Crippen LogP contribution is -2.24. The molecule has 1 N–H and O–H groups in total. The Hall–Kier alpha value is -1.55. The zero-order valence-electron chi connectivity index (χ0n) is 12.7. The Labute approximate surface area is 121 Å². The minimum absolute atomic E-state index is 0.0156. The lowest BCUT2D eigenvalue weighted by atomic mass is 10.1. The van der Waals surface area contributed by atoms with Crippen molar-refractivity contribution in [2.45, 2.75) is 33.6 Å². The maximum absolute atomic E-state index is 11.2. The Bertz CT molecular complexity index is 428. The summed E-state index contributed by atoms with van der Waals surface area (Å²) in [6.45, 7) is 9.64. The molecule has 1 rings (SSSR count). The van der Waals surface area contributed by atoms with Crippen molar-refractivity contribution in [1.82, 2.24) is 4.90 Å². The van der Waals surface area contributed by atoms with Crippen LogP contribution in [0.5, 0.6) is 11.5 Å². The van der Waals surface area contributed by atoms with Gasteiger partial charge in [-0.25, -0.2) is 0 Å². The van der Waals surface area contributed by atoms with Crippen LogP contribution in [0.4, 0.5) is 0 Å². The predicted molar refractivity (Wildman–Crippen MR) is 80.6 cm³/mol. The number of unbranched alkanes of at least 4 members (excludes halogenated alkanes) is 1. The van der Waals surface area contributed by atoms with E-state index in [4.69, 9.17) is 4.74 Å². The summed E-state index contributed by atoms with van der Waals surface area (Å²) in [4.78, 5) is 13.6. The third kappa shape index (κ3) is 5.21. The van der Waals surface area contributed by atoms with Crippen molar-refractivity contribution in [2.24, 2.45) is 0 Å². The minimum Gasteiger partial charge on any atom is -0.507 e. The van der Waals surface area contributed by atoms with Crippen molar-refractivity contribution < 1.29 is 14.6 Å². The van der Waals surface area contributed by atoms with Crippen LogP contribution in [0.2, 0.25) is 0 Å². The third-order valence-corrected chi connectivity index (χ3v) is 3.38. The number of hydrogen-bond donors (Lipinski definition) is 1. The van der Waals surface area contributed by atoms with Gasteiger partial charge in [0, 0.05) is 6.07 Å². The molecule has 112 valence electrons. The van der Waals surface area contributed by atoms with E-state index in [0.29, 0.717) is 17.9 Å². The summed E-state index contributed by atoms with van der Waals surface area (Å²) in [5.74, 6) is 0.446. The normalized spacial score (nSPS) is 10.8. The molecule has 0 aliphatic carbocycles. The highest BCUT2D eigenvalue weighted by Crippen LogP contribution is 2.24. The summed E-state index contributed by atoms with van der Waals surface area (Å²) >= 11 is 0. The van der Waals surface area contributed by atoms with Crippen LogP contribution < -0.4 is 4.74 Å². The molecule has 4 heteroatoms. The maximum Gasteiger partial charge on any atom is 0.163 e. The van der Waals surface area contributed by atoms with Gasteiger partial charge in [-0.15, -0.1) is 0 Å². The van der Waals surface area contributed by atoms with E-state index in [1.807, 2.05) is 0 Å². The van der Waals surface area contributed by atoms with Crippen LogP contribution in [0.3, 0.4) is 0 Å². The van der Waals surface area contributed by atoms with Gasteiger partial charge in [0.05, 0.1) is 12.2 Å². The number of aromatic hydroxyl groups is 1. The largest absolute Gasteiger partial charge is 0.507 e. The van der Waals surface area contributed by atoms with Gasteiger partial charge in [0.15, 0.2) is 5.78 Å². The van der Waals surface area contributed by atoms with Gasteiger partial charge in [-0.2, -0.15) is 0 Å². The monoisotopic (exact) mass is 279 g/mol. The molecule has 0 unspecified atom stereocenters. The number of carbonyl (C=O) groups excluding carboxylic acids is 1. The summed E-state index contributed by atoms with van der Waals surface area (Å²) < 4.78 is 5.58. The van der Waals surface area contributed by atoms with E-state index in [2.05, 4.69) is 18.7 Å². The topological polar surface area (TPSA) is 49.8 Å². The smallest absolute Gasteiger partial charge is 0.163 e. The average molecular weight is 279 g/mol. The van der Waals surface area contributed by atoms with E-state index in [9.17, 15) is 9.90 Å². The molecule has 0 aliphatic rings. The van der Waals surface area contributed by atoms with Crippen LogP contribution in [0.25, 0.3) is 0 Å². The van der Waals surface area contributed by atoms with Gasteiger partial charge in [0.25, 0.3) is 0 Å². The molecule has 0 aliphatic heterocycles. The first-order valence-corrected chi connectivity index (χ1v) is 7.27. The first kappa shape index (κ1) is 16.5. The number of ketones is 1. The lowest BCUT2D eigenvalue weighted by Gasteiger charge is -2.17. The molecule has 0 heterocycles. The molecule has 0 spiro atoms. The Morgan fingerprint density at radius 3 is 2.50 bits per heavy atom. The fourth-order valence-corrected chi connectivity index (χ4v) is 2.07. The second kappa shape index (κ2) is 8.59. The SMILES string of the molecule is CCN(CC)CCCCOc1ccc(C(C)=O)c(O)c1. The second-order valence-corrected chi connectivity index (χ2v) is 4.82. The highest BCUT2D eigenvalue weighted by atomic mass is 16.5. The fraction of sp³-hybridized carbons (Fsp3) is 0.562. The number of hydrogen-bond acceptors (Lipinski definition) is 4. The number of rotatable bonds is 9. The second-order valence-electron chi connectivity index (χ2n) is 4.82. The molecule has 0 saturated heterocycles. The van der Waals surface area contributed by atoms with E-state index >= 15 is 0 Å². The number of ether oxygens (including phenoxy) is 1. The quantitative estimate of drug-likeness (QED) is 0.557. The molecule has 1 aromatic carbocycles. The minimum atomic E-state index is -0.145. The molecule has 0 atom stereocenters. The Balaban J connectivity index is 2.32. The van der Waals surface area contributed by atoms with Crippen molar-refractivity contribution in [3.63, 3.8) is 0 Å². The summed E-state index contributed by atoms with van der Waals surface area (Å²) in [5, 5.41) is 9.69. The van der Waals surface area contributed by atoms with E-state index < -0.39 is 0 Å². The average Bonchev–Trinajstić information content (AvgIpc) is 2.42. The zero-order valence-corrected chi connectivity index (χ0v) is 12.7. The van der Waals surface area contributed by atoms with Gasteiger partial charge in [-0.1, -0.05) is 13.8 Å². The van der Waals surface area contributed by atoms with Crippen molar-refractivity contribution in [2.75, 3.05) is 26.2 Å². The van der Waals surface area contributed by atoms with E-state index in [-0.39, 0.29) is 11.5 Å². The maximum atomic E-state index is 11.2. The Kier molecular flexibility index (Phi) is 7.09. The van der Waals surface area contributed by atoms with Gasteiger partial charge in [0.1, 0.15) is 11.5 Å². The van der Waals surface area contributed by atoms with Gasteiger partial charge >= 0.3 is 0 Å². The molecule has 0 amide bonds. The molecular weight excluding hydrogens is 254 g/mol. The Morgan fingerprint density at radius 1 is 1.25 bits per heavy atom.